The fourth-order valence-electron chi connectivity index (χ4n) is 3.45. The Balaban J connectivity index is 1.41. The predicted molar refractivity (Wildman–Crippen MR) is 120 cm³/mol. The largest absolute Gasteiger partial charge is 0.489 e. The minimum Gasteiger partial charge on any atom is -0.489 e. The number of rotatable bonds is 8. The molecule has 3 rings (SSSR count). The van der Waals surface area contributed by atoms with Gasteiger partial charge in [0.25, 0.3) is 0 Å². The van der Waals surface area contributed by atoms with E-state index in [4.69, 9.17) is 27.9 Å². The Morgan fingerprint density at radius 2 is 1.80 bits per heavy atom. The van der Waals surface area contributed by atoms with Gasteiger partial charge < -0.3 is 15.2 Å². The first-order valence-electron chi connectivity index (χ1n) is 9.97. The molecule has 162 valence electrons. The lowest BCUT2D eigenvalue weighted by Gasteiger charge is -2.35. The topological polar surface area (TPSA) is 65.0 Å². The lowest BCUT2D eigenvalue weighted by molar-refractivity contribution is -0.114. The summed E-state index contributed by atoms with van der Waals surface area (Å²) in [5.74, 6) is 0.392. The molecule has 0 aliphatic carbocycles. The van der Waals surface area contributed by atoms with Crippen molar-refractivity contribution < 1.29 is 14.6 Å². The number of carbonyl (C=O) groups excluding carboxylic acids is 1. The number of piperazine rings is 1. The van der Waals surface area contributed by atoms with Crippen molar-refractivity contribution >= 4 is 34.8 Å². The number of carbonyl (C=O) groups is 1. The minimum absolute atomic E-state index is 0.162. The zero-order chi connectivity index (χ0) is 21.5. The predicted octanol–water partition coefficient (Wildman–Crippen LogP) is 3.51. The lowest BCUT2D eigenvalue weighted by atomic mass is 10.2. The van der Waals surface area contributed by atoms with E-state index in [1.54, 1.807) is 12.1 Å². The number of anilines is 1. The number of hydrogen-bond acceptors (Lipinski definition) is 5. The first kappa shape index (κ1) is 22.8. The maximum Gasteiger partial charge on any atom is 0.221 e. The molecule has 2 N–H and O–H groups in total. The molecule has 1 heterocycles. The lowest BCUT2D eigenvalue weighted by Crippen LogP contribution is -2.48. The number of para-hydroxylation sites is 2. The number of hydrogen-bond donors (Lipinski definition) is 2. The molecule has 2 aromatic rings. The number of aliphatic hydroxyl groups is 1. The van der Waals surface area contributed by atoms with Gasteiger partial charge in [-0.25, -0.2) is 0 Å². The Bertz CT molecular complexity index is 857. The van der Waals surface area contributed by atoms with E-state index >= 15 is 0 Å². The van der Waals surface area contributed by atoms with Crippen molar-refractivity contribution in [1.82, 2.24) is 9.80 Å². The summed E-state index contributed by atoms with van der Waals surface area (Å²) in [5, 5.41) is 14.3. The van der Waals surface area contributed by atoms with Crippen LogP contribution in [0.1, 0.15) is 12.5 Å². The Kier molecular flexibility index (Phi) is 8.36. The molecule has 1 aliphatic heterocycles. The standard InChI is InChI=1S/C22H27Cl2N3O3/c1-16(28)25-21-4-2-3-5-22(21)30-15-18(29)14-27-10-8-26(9-11-27)13-17-6-7-19(23)20(24)12-17/h2-7,12,18,29H,8-11,13-15H2,1H3,(H,25,28). The van der Waals surface area contributed by atoms with Crippen LogP contribution in [0.15, 0.2) is 42.5 Å². The van der Waals surface area contributed by atoms with Crippen molar-refractivity contribution in [2.45, 2.75) is 19.6 Å². The number of ether oxygens (including phenoxy) is 1. The second kappa shape index (κ2) is 11.0. The van der Waals surface area contributed by atoms with Crippen molar-refractivity contribution in [1.29, 1.82) is 0 Å². The maximum absolute atomic E-state index is 11.3. The van der Waals surface area contributed by atoms with Crippen LogP contribution in [0.3, 0.4) is 0 Å². The highest BCUT2D eigenvalue weighted by Crippen LogP contribution is 2.24. The van der Waals surface area contributed by atoms with Gasteiger partial charge in [-0.1, -0.05) is 41.4 Å². The molecule has 1 fully saturated rings. The van der Waals surface area contributed by atoms with Crippen molar-refractivity contribution in [3.63, 3.8) is 0 Å². The van der Waals surface area contributed by atoms with Crippen LogP contribution in [-0.2, 0) is 11.3 Å². The van der Waals surface area contributed by atoms with E-state index in [2.05, 4.69) is 15.1 Å². The molecule has 1 atom stereocenters. The summed E-state index contributed by atoms with van der Waals surface area (Å²) in [6, 6.07) is 13.0. The van der Waals surface area contributed by atoms with E-state index in [-0.39, 0.29) is 12.5 Å². The Hall–Kier alpha value is -1.83. The van der Waals surface area contributed by atoms with Gasteiger partial charge in [0.2, 0.25) is 5.91 Å². The van der Waals surface area contributed by atoms with Crippen molar-refractivity contribution in [3.05, 3.63) is 58.1 Å². The van der Waals surface area contributed by atoms with Gasteiger partial charge in [0.1, 0.15) is 18.5 Å². The van der Waals surface area contributed by atoms with E-state index < -0.39 is 6.10 Å². The van der Waals surface area contributed by atoms with Crippen LogP contribution in [0.25, 0.3) is 0 Å². The highest BCUT2D eigenvalue weighted by atomic mass is 35.5. The number of aliphatic hydroxyl groups excluding tert-OH is 1. The summed E-state index contributed by atoms with van der Waals surface area (Å²) < 4.78 is 5.74. The second-order valence-corrected chi connectivity index (χ2v) is 8.28. The first-order valence-corrected chi connectivity index (χ1v) is 10.7. The van der Waals surface area contributed by atoms with Crippen molar-refractivity contribution in [2.75, 3.05) is 44.6 Å². The number of nitrogens with one attached hydrogen (secondary N) is 1. The number of β-amino-alcohol motifs (C(OH)–C–C–N with tert-alkyl or cyclic N) is 1. The van der Waals surface area contributed by atoms with Crippen LogP contribution in [0, 0.1) is 0 Å². The fraction of sp³-hybridized carbons (Fsp3) is 0.409. The molecule has 6 nitrogen and oxygen atoms in total. The van der Waals surface area contributed by atoms with Crippen LogP contribution >= 0.6 is 23.2 Å². The number of nitrogens with zero attached hydrogens (tertiary/aromatic N) is 2. The minimum atomic E-state index is -0.614. The molecule has 0 bridgehead atoms. The summed E-state index contributed by atoms with van der Waals surface area (Å²) in [5.41, 5.74) is 1.75. The van der Waals surface area contributed by atoms with E-state index in [0.29, 0.717) is 28.0 Å². The Morgan fingerprint density at radius 3 is 2.50 bits per heavy atom. The molecule has 1 unspecified atom stereocenters. The van der Waals surface area contributed by atoms with Crippen LogP contribution in [-0.4, -0.2) is 66.2 Å². The second-order valence-electron chi connectivity index (χ2n) is 7.47. The third kappa shape index (κ3) is 6.86. The third-order valence-electron chi connectivity index (χ3n) is 4.95. The van der Waals surface area contributed by atoms with Crippen LogP contribution in [0.2, 0.25) is 10.0 Å². The molecule has 1 amide bonds. The van der Waals surface area contributed by atoms with Gasteiger partial charge in [-0.2, -0.15) is 0 Å². The molecule has 1 saturated heterocycles. The smallest absolute Gasteiger partial charge is 0.221 e. The monoisotopic (exact) mass is 451 g/mol. The molecule has 0 spiro atoms. The summed E-state index contributed by atoms with van der Waals surface area (Å²) in [6.45, 7) is 6.58. The molecular weight excluding hydrogens is 425 g/mol. The van der Waals surface area contributed by atoms with Crippen molar-refractivity contribution in [2.24, 2.45) is 0 Å². The quantitative estimate of drug-likeness (QED) is 0.642. The number of benzene rings is 2. The molecule has 0 saturated carbocycles. The molecule has 0 radical (unpaired) electrons. The van der Waals surface area contributed by atoms with Gasteiger partial charge in [-0.05, 0) is 29.8 Å². The van der Waals surface area contributed by atoms with E-state index in [9.17, 15) is 9.90 Å². The average molecular weight is 452 g/mol. The first-order chi connectivity index (χ1) is 14.4. The van der Waals surface area contributed by atoms with Gasteiger partial charge >= 0.3 is 0 Å². The SMILES string of the molecule is CC(=O)Nc1ccccc1OCC(O)CN1CCN(Cc2ccc(Cl)c(Cl)c2)CC1. The normalized spacial score (nSPS) is 16.3. The molecule has 0 aromatic heterocycles. The van der Waals surface area contributed by atoms with Gasteiger partial charge in [0.05, 0.1) is 15.7 Å². The van der Waals surface area contributed by atoms with Crippen molar-refractivity contribution in [3.8, 4) is 5.75 Å². The van der Waals surface area contributed by atoms with Gasteiger partial charge in [-0.3, -0.25) is 14.6 Å². The summed E-state index contributed by atoms with van der Waals surface area (Å²) in [6.07, 6.45) is -0.614. The Morgan fingerprint density at radius 1 is 1.10 bits per heavy atom. The Labute approximate surface area is 187 Å². The highest BCUT2D eigenvalue weighted by Gasteiger charge is 2.20. The third-order valence-corrected chi connectivity index (χ3v) is 5.69. The highest BCUT2D eigenvalue weighted by molar-refractivity contribution is 6.42. The summed E-state index contributed by atoms with van der Waals surface area (Å²) in [4.78, 5) is 15.9. The molecular formula is C22H27Cl2N3O3. The average Bonchev–Trinajstić information content (AvgIpc) is 2.71. The molecule has 30 heavy (non-hydrogen) atoms. The van der Waals surface area contributed by atoms with Gasteiger partial charge in [-0.15, -0.1) is 0 Å². The number of halogens is 2. The maximum atomic E-state index is 11.3. The van der Waals surface area contributed by atoms with E-state index in [1.165, 1.54) is 6.92 Å². The fourth-order valence-corrected chi connectivity index (χ4v) is 3.77. The van der Waals surface area contributed by atoms with E-state index in [0.717, 1.165) is 38.3 Å². The molecule has 1 aliphatic rings. The zero-order valence-electron chi connectivity index (χ0n) is 17.0. The van der Waals surface area contributed by atoms with E-state index in [1.807, 2.05) is 30.3 Å². The zero-order valence-corrected chi connectivity index (χ0v) is 18.5. The van der Waals surface area contributed by atoms with Crippen LogP contribution in [0.5, 0.6) is 5.75 Å². The van der Waals surface area contributed by atoms with Crippen LogP contribution < -0.4 is 10.1 Å². The van der Waals surface area contributed by atoms with Gasteiger partial charge in [0, 0.05) is 46.2 Å². The summed E-state index contributed by atoms with van der Waals surface area (Å²) in [7, 11) is 0. The molecule has 8 heteroatoms. The van der Waals surface area contributed by atoms with Crippen LogP contribution in [0.4, 0.5) is 5.69 Å². The number of amides is 1. The van der Waals surface area contributed by atoms with Gasteiger partial charge in [0.15, 0.2) is 0 Å². The molecule has 2 aromatic carbocycles. The summed E-state index contributed by atoms with van der Waals surface area (Å²) >= 11 is 12.1.